The molecular weight excluding hydrogens is 246 g/mol. The van der Waals surface area contributed by atoms with Crippen molar-refractivity contribution in [3.8, 4) is 0 Å². The van der Waals surface area contributed by atoms with Crippen LogP contribution in [0.1, 0.15) is 44.6 Å². The second-order valence-electron chi connectivity index (χ2n) is 5.70. The Bertz CT molecular complexity index is 438. The molecule has 1 saturated carbocycles. The van der Waals surface area contributed by atoms with Gasteiger partial charge in [0.25, 0.3) is 0 Å². The number of amides is 1. The van der Waals surface area contributed by atoms with Crippen LogP contribution in [-0.4, -0.2) is 12.5 Å². The van der Waals surface area contributed by atoms with Crippen molar-refractivity contribution in [2.75, 3.05) is 6.54 Å². The van der Waals surface area contributed by atoms with E-state index in [1.165, 1.54) is 32.1 Å². The number of hydrogen-bond donors (Lipinski definition) is 1. The Balaban J connectivity index is 1.78. The minimum absolute atomic E-state index is 0.0225. The largest absolute Gasteiger partial charge is 0.352 e. The summed E-state index contributed by atoms with van der Waals surface area (Å²) in [5.74, 6) is 1.49. The lowest BCUT2D eigenvalue weighted by Crippen LogP contribution is -2.33. The minimum atomic E-state index is 0.0225. The zero-order valence-electron chi connectivity index (χ0n) is 12.3. The van der Waals surface area contributed by atoms with Gasteiger partial charge < -0.3 is 5.32 Å². The molecule has 1 amide bonds. The molecule has 0 radical (unpaired) electrons. The molecule has 1 aromatic rings. The van der Waals surface area contributed by atoms with E-state index in [4.69, 9.17) is 0 Å². The van der Waals surface area contributed by atoms with Crippen molar-refractivity contribution in [1.29, 1.82) is 0 Å². The highest BCUT2D eigenvalue weighted by molar-refractivity contribution is 5.91. The molecule has 20 heavy (non-hydrogen) atoms. The molecule has 1 fully saturated rings. The predicted octanol–water partition coefficient (Wildman–Crippen LogP) is 4.03. The third-order valence-electron chi connectivity index (χ3n) is 4.36. The molecule has 0 saturated heterocycles. The molecule has 0 spiro atoms. The standard InChI is InChI=1S/C18H25NO/c1-2-16-10-6-7-11-17(16)14-19-18(20)13-12-15-8-4-3-5-9-15/h3-5,8-9,12-13,16-17H,2,6-7,10-11,14H2,1H3,(H,19,20)/b13-12+. The summed E-state index contributed by atoms with van der Waals surface area (Å²) in [6, 6.07) is 9.93. The first-order valence-electron chi connectivity index (χ1n) is 7.80. The molecule has 2 heteroatoms. The van der Waals surface area contributed by atoms with Gasteiger partial charge in [-0.25, -0.2) is 0 Å². The highest BCUT2D eigenvalue weighted by atomic mass is 16.1. The molecule has 0 aromatic heterocycles. The fourth-order valence-corrected chi connectivity index (χ4v) is 3.12. The summed E-state index contributed by atoms with van der Waals surface area (Å²) < 4.78 is 0. The van der Waals surface area contributed by atoms with Crippen molar-refractivity contribution < 1.29 is 4.79 Å². The van der Waals surface area contributed by atoms with Crippen molar-refractivity contribution in [2.24, 2.45) is 11.8 Å². The summed E-state index contributed by atoms with van der Waals surface area (Å²) in [6.45, 7) is 3.09. The van der Waals surface area contributed by atoms with Gasteiger partial charge in [-0.15, -0.1) is 0 Å². The van der Waals surface area contributed by atoms with Crippen LogP contribution >= 0.6 is 0 Å². The van der Waals surface area contributed by atoms with Crippen LogP contribution in [0.2, 0.25) is 0 Å². The predicted molar refractivity (Wildman–Crippen MR) is 84.2 cm³/mol. The lowest BCUT2D eigenvalue weighted by Gasteiger charge is -2.30. The maximum atomic E-state index is 11.9. The van der Waals surface area contributed by atoms with Gasteiger partial charge in [-0.05, 0) is 29.9 Å². The van der Waals surface area contributed by atoms with Gasteiger partial charge in [-0.2, -0.15) is 0 Å². The van der Waals surface area contributed by atoms with E-state index in [0.717, 1.165) is 18.0 Å². The maximum Gasteiger partial charge on any atom is 0.244 e. The van der Waals surface area contributed by atoms with Gasteiger partial charge in [-0.1, -0.05) is 62.9 Å². The van der Waals surface area contributed by atoms with Crippen LogP contribution in [0.15, 0.2) is 36.4 Å². The summed E-state index contributed by atoms with van der Waals surface area (Å²) in [4.78, 5) is 11.9. The average Bonchev–Trinajstić information content (AvgIpc) is 2.52. The first-order chi connectivity index (χ1) is 9.79. The number of carbonyl (C=O) groups excluding carboxylic acids is 1. The van der Waals surface area contributed by atoms with Crippen molar-refractivity contribution in [2.45, 2.75) is 39.0 Å². The van der Waals surface area contributed by atoms with E-state index >= 15 is 0 Å². The molecule has 2 rings (SSSR count). The Labute approximate surface area is 122 Å². The number of benzene rings is 1. The van der Waals surface area contributed by atoms with Gasteiger partial charge in [0.05, 0.1) is 0 Å². The van der Waals surface area contributed by atoms with Crippen LogP contribution in [0.3, 0.4) is 0 Å². The van der Waals surface area contributed by atoms with E-state index < -0.39 is 0 Å². The molecule has 1 N–H and O–H groups in total. The monoisotopic (exact) mass is 271 g/mol. The highest BCUT2D eigenvalue weighted by Gasteiger charge is 2.23. The SMILES string of the molecule is CCC1CCCCC1CNC(=O)/C=C/c1ccccc1. The third-order valence-corrected chi connectivity index (χ3v) is 4.36. The number of rotatable bonds is 5. The van der Waals surface area contributed by atoms with E-state index in [9.17, 15) is 4.79 Å². The first-order valence-corrected chi connectivity index (χ1v) is 7.80. The Hall–Kier alpha value is -1.57. The minimum Gasteiger partial charge on any atom is -0.352 e. The van der Waals surface area contributed by atoms with E-state index in [-0.39, 0.29) is 5.91 Å². The molecule has 0 aliphatic heterocycles. The van der Waals surface area contributed by atoms with Gasteiger partial charge in [0, 0.05) is 12.6 Å². The van der Waals surface area contributed by atoms with Crippen molar-refractivity contribution in [3.63, 3.8) is 0 Å². The van der Waals surface area contributed by atoms with Crippen LogP contribution in [0.25, 0.3) is 6.08 Å². The smallest absolute Gasteiger partial charge is 0.244 e. The van der Waals surface area contributed by atoms with E-state index in [1.54, 1.807) is 6.08 Å². The van der Waals surface area contributed by atoms with Crippen LogP contribution < -0.4 is 5.32 Å². The Morgan fingerprint density at radius 1 is 1.20 bits per heavy atom. The summed E-state index contributed by atoms with van der Waals surface area (Å²) >= 11 is 0. The van der Waals surface area contributed by atoms with Gasteiger partial charge in [-0.3, -0.25) is 4.79 Å². The zero-order valence-corrected chi connectivity index (χ0v) is 12.3. The average molecular weight is 271 g/mol. The maximum absolute atomic E-state index is 11.9. The summed E-state index contributed by atoms with van der Waals surface area (Å²) in [5, 5.41) is 3.06. The Kier molecular flexibility index (Phi) is 5.85. The normalized spacial score (nSPS) is 22.9. The summed E-state index contributed by atoms with van der Waals surface area (Å²) in [7, 11) is 0. The van der Waals surface area contributed by atoms with E-state index in [1.807, 2.05) is 36.4 Å². The zero-order chi connectivity index (χ0) is 14.2. The molecule has 2 nitrogen and oxygen atoms in total. The van der Waals surface area contributed by atoms with Gasteiger partial charge >= 0.3 is 0 Å². The Morgan fingerprint density at radius 3 is 2.60 bits per heavy atom. The number of carbonyl (C=O) groups is 1. The fraction of sp³-hybridized carbons (Fsp3) is 0.500. The second-order valence-corrected chi connectivity index (χ2v) is 5.70. The quantitative estimate of drug-likeness (QED) is 0.805. The van der Waals surface area contributed by atoms with Crippen molar-refractivity contribution in [3.05, 3.63) is 42.0 Å². The molecule has 1 aliphatic rings. The molecule has 2 unspecified atom stereocenters. The third kappa shape index (κ3) is 4.52. The van der Waals surface area contributed by atoms with Crippen molar-refractivity contribution in [1.82, 2.24) is 5.32 Å². The molecule has 0 heterocycles. The lowest BCUT2D eigenvalue weighted by molar-refractivity contribution is -0.116. The van der Waals surface area contributed by atoms with Gasteiger partial charge in [0.2, 0.25) is 5.91 Å². The van der Waals surface area contributed by atoms with Crippen LogP contribution in [0.5, 0.6) is 0 Å². The molecule has 108 valence electrons. The highest BCUT2D eigenvalue weighted by Crippen LogP contribution is 2.31. The van der Waals surface area contributed by atoms with Crippen LogP contribution in [-0.2, 0) is 4.79 Å². The molecule has 1 aliphatic carbocycles. The van der Waals surface area contributed by atoms with E-state index in [0.29, 0.717) is 5.92 Å². The number of hydrogen-bond acceptors (Lipinski definition) is 1. The van der Waals surface area contributed by atoms with Gasteiger partial charge in [0.1, 0.15) is 0 Å². The molecule has 0 bridgehead atoms. The van der Waals surface area contributed by atoms with Crippen LogP contribution in [0.4, 0.5) is 0 Å². The van der Waals surface area contributed by atoms with Crippen molar-refractivity contribution >= 4 is 12.0 Å². The Morgan fingerprint density at radius 2 is 1.90 bits per heavy atom. The topological polar surface area (TPSA) is 29.1 Å². The summed E-state index contributed by atoms with van der Waals surface area (Å²) in [5.41, 5.74) is 1.06. The molecule has 1 aromatic carbocycles. The summed E-state index contributed by atoms with van der Waals surface area (Å²) in [6.07, 6.45) is 10.0. The molecular formula is C18H25NO. The van der Waals surface area contributed by atoms with Gasteiger partial charge in [0.15, 0.2) is 0 Å². The molecule has 2 atom stereocenters. The fourth-order valence-electron chi connectivity index (χ4n) is 3.12. The first kappa shape index (κ1) is 14.8. The lowest BCUT2D eigenvalue weighted by atomic mass is 9.78. The van der Waals surface area contributed by atoms with E-state index in [2.05, 4.69) is 12.2 Å². The van der Waals surface area contributed by atoms with Crippen LogP contribution in [0, 0.1) is 11.8 Å². The number of nitrogens with one attached hydrogen (secondary N) is 1. The second kappa shape index (κ2) is 7.88.